The summed E-state index contributed by atoms with van der Waals surface area (Å²) >= 11 is 5.89. The summed E-state index contributed by atoms with van der Waals surface area (Å²) in [6.45, 7) is 5.94. The van der Waals surface area contributed by atoms with Gasteiger partial charge >= 0.3 is 0 Å². The normalized spacial score (nSPS) is 16.6. The number of rotatable bonds is 3. The number of hydrogen-bond acceptors (Lipinski definition) is 4. The van der Waals surface area contributed by atoms with Crippen molar-refractivity contribution in [3.05, 3.63) is 80.8 Å². The number of amides is 1. The molecule has 1 amide bonds. The third kappa shape index (κ3) is 3.60. The van der Waals surface area contributed by atoms with E-state index >= 15 is 0 Å². The fourth-order valence-corrected chi connectivity index (χ4v) is 4.60. The molecule has 1 aromatic carbocycles. The van der Waals surface area contributed by atoms with Crippen LogP contribution in [0.1, 0.15) is 35.6 Å². The number of halogens is 3. The summed E-state index contributed by atoms with van der Waals surface area (Å²) in [6, 6.07) is 4.52. The molecular formula is C24H21ClF2N4O3. The third-order valence-electron chi connectivity index (χ3n) is 5.96. The van der Waals surface area contributed by atoms with E-state index in [0.29, 0.717) is 23.4 Å². The minimum Gasteiger partial charge on any atom is -0.480 e. The van der Waals surface area contributed by atoms with Gasteiger partial charge < -0.3 is 18.8 Å². The van der Waals surface area contributed by atoms with Crippen molar-refractivity contribution in [1.82, 2.24) is 19.0 Å². The summed E-state index contributed by atoms with van der Waals surface area (Å²) in [5.41, 5.74) is 1.10. The van der Waals surface area contributed by atoms with E-state index in [1.165, 1.54) is 10.6 Å². The van der Waals surface area contributed by atoms with Gasteiger partial charge in [0.2, 0.25) is 5.82 Å². The van der Waals surface area contributed by atoms with E-state index < -0.39 is 17.2 Å². The Hall–Kier alpha value is -3.46. The van der Waals surface area contributed by atoms with Gasteiger partial charge in [0, 0.05) is 31.4 Å². The molecule has 2 aliphatic rings. The maximum Gasteiger partial charge on any atom is 0.275 e. The van der Waals surface area contributed by atoms with E-state index in [2.05, 4.69) is 4.98 Å². The van der Waals surface area contributed by atoms with Gasteiger partial charge in [0.1, 0.15) is 17.0 Å². The van der Waals surface area contributed by atoms with Gasteiger partial charge in [-0.2, -0.15) is 4.39 Å². The molecule has 2 aliphatic heterocycles. The first kappa shape index (κ1) is 22.3. The smallest absolute Gasteiger partial charge is 0.275 e. The number of carbonyl (C=O) groups is 1. The summed E-state index contributed by atoms with van der Waals surface area (Å²) in [5.74, 6) is -2.91. The van der Waals surface area contributed by atoms with Gasteiger partial charge in [0.15, 0.2) is 11.6 Å². The lowest BCUT2D eigenvalue weighted by Gasteiger charge is -2.35. The average molecular weight is 487 g/mol. The van der Waals surface area contributed by atoms with E-state index in [9.17, 15) is 18.4 Å². The first-order chi connectivity index (χ1) is 16.1. The van der Waals surface area contributed by atoms with Crippen molar-refractivity contribution < 1.29 is 18.3 Å². The molecule has 0 saturated carbocycles. The minimum absolute atomic E-state index is 0.122. The lowest BCUT2D eigenvalue weighted by atomic mass is 9.93. The topological polar surface area (TPSA) is 69.4 Å². The molecule has 5 rings (SSSR count). The lowest BCUT2D eigenvalue weighted by Crippen LogP contribution is -2.46. The fraction of sp³-hybridized carbons (Fsp3) is 0.292. The predicted molar refractivity (Wildman–Crippen MR) is 123 cm³/mol. The quantitative estimate of drug-likeness (QED) is 0.525. The zero-order valence-corrected chi connectivity index (χ0v) is 19.5. The van der Waals surface area contributed by atoms with Crippen LogP contribution in [0.4, 0.5) is 8.78 Å². The number of carbonyl (C=O) groups excluding carboxylic acids is 1. The highest BCUT2D eigenvalue weighted by Gasteiger charge is 2.34. The molecule has 7 nitrogen and oxygen atoms in total. The third-order valence-corrected chi connectivity index (χ3v) is 6.23. The van der Waals surface area contributed by atoms with Crippen LogP contribution in [0.2, 0.25) is 5.02 Å². The SMILES string of the molecule is Cc1cn(-c2ccc3n(c2=O)CCN(CC2=CC(C)(C)Oc4c2cc(Cl)c(F)c4F)C3=O)cn1. The molecule has 2 aromatic heterocycles. The molecule has 0 radical (unpaired) electrons. The summed E-state index contributed by atoms with van der Waals surface area (Å²) in [6.07, 6.45) is 5.06. The van der Waals surface area contributed by atoms with Crippen molar-refractivity contribution in [2.45, 2.75) is 32.9 Å². The van der Waals surface area contributed by atoms with Crippen molar-refractivity contribution in [1.29, 1.82) is 0 Å². The second kappa shape index (κ2) is 7.80. The Morgan fingerprint density at radius 1 is 1.18 bits per heavy atom. The monoisotopic (exact) mass is 486 g/mol. The Bertz CT molecular complexity index is 1440. The predicted octanol–water partition coefficient (Wildman–Crippen LogP) is 3.98. The van der Waals surface area contributed by atoms with E-state index in [1.807, 2.05) is 6.92 Å². The summed E-state index contributed by atoms with van der Waals surface area (Å²) in [4.78, 5) is 32.1. The van der Waals surface area contributed by atoms with Gasteiger partial charge in [-0.3, -0.25) is 9.59 Å². The molecule has 4 heterocycles. The summed E-state index contributed by atoms with van der Waals surface area (Å²) < 4.78 is 37.4. The largest absolute Gasteiger partial charge is 0.480 e. The number of fused-ring (bicyclic) bond motifs is 2. The Morgan fingerprint density at radius 2 is 1.94 bits per heavy atom. The molecule has 176 valence electrons. The number of imidazole rings is 1. The van der Waals surface area contributed by atoms with Crippen LogP contribution in [0.25, 0.3) is 11.3 Å². The molecule has 0 bridgehead atoms. The van der Waals surface area contributed by atoms with E-state index in [-0.39, 0.29) is 41.0 Å². The minimum atomic E-state index is -1.18. The van der Waals surface area contributed by atoms with E-state index in [1.54, 1.807) is 54.0 Å². The number of nitrogens with zero attached hydrogens (tertiary/aromatic N) is 4. The molecule has 0 unspecified atom stereocenters. The highest BCUT2D eigenvalue weighted by atomic mass is 35.5. The molecular weight excluding hydrogens is 466 g/mol. The van der Waals surface area contributed by atoms with Crippen LogP contribution in [0.15, 0.2) is 41.6 Å². The Kier molecular flexibility index (Phi) is 5.12. The van der Waals surface area contributed by atoms with Crippen molar-refractivity contribution in [2.75, 3.05) is 13.1 Å². The van der Waals surface area contributed by atoms with Gasteiger partial charge in [-0.25, -0.2) is 9.37 Å². The molecule has 0 spiro atoms. The molecule has 0 aliphatic carbocycles. The summed E-state index contributed by atoms with van der Waals surface area (Å²) in [5, 5.41) is -0.366. The molecule has 0 atom stereocenters. The van der Waals surface area contributed by atoms with Crippen LogP contribution in [0.5, 0.6) is 5.75 Å². The fourth-order valence-electron chi connectivity index (χ4n) is 4.40. The first-order valence-electron chi connectivity index (χ1n) is 10.7. The molecule has 10 heteroatoms. The second-order valence-corrected chi connectivity index (χ2v) is 9.35. The van der Waals surface area contributed by atoms with Gasteiger partial charge in [-0.15, -0.1) is 0 Å². The van der Waals surface area contributed by atoms with E-state index in [0.717, 1.165) is 5.69 Å². The van der Waals surface area contributed by atoms with E-state index in [4.69, 9.17) is 16.3 Å². The van der Waals surface area contributed by atoms with Crippen molar-refractivity contribution in [3.63, 3.8) is 0 Å². The standard InChI is InChI=1S/C24H21ClF2N4O3/c1-13-10-30(12-28-13)17-4-5-18-22(32)29(6-7-31(18)23(17)33)11-14-9-24(2,3)34-21-15(14)8-16(25)19(26)20(21)27/h4-5,8-10,12H,6-7,11H2,1-3H3. The van der Waals surface area contributed by atoms with Crippen LogP contribution >= 0.6 is 11.6 Å². The Labute approximate surface area is 198 Å². The highest BCUT2D eigenvalue weighted by molar-refractivity contribution is 6.31. The molecule has 3 aromatic rings. The number of aryl methyl sites for hydroxylation is 1. The van der Waals surface area contributed by atoms with Crippen LogP contribution in [0.3, 0.4) is 0 Å². The van der Waals surface area contributed by atoms with Crippen LogP contribution < -0.4 is 10.3 Å². The molecule has 34 heavy (non-hydrogen) atoms. The van der Waals surface area contributed by atoms with Crippen molar-refractivity contribution in [3.8, 4) is 11.4 Å². The molecule has 0 N–H and O–H groups in total. The second-order valence-electron chi connectivity index (χ2n) is 8.95. The zero-order chi connectivity index (χ0) is 24.4. The van der Waals surface area contributed by atoms with Crippen molar-refractivity contribution in [2.24, 2.45) is 0 Å². The van der Waals surface area contributed by atoms with Crippen LogP contribution in [-0.4, -0.2) is 43.6 Å². The lowest BCUT2D eigenvalue weighted by molar-refractivity contribution is 0.0722. The summed E-state index contributed by atoms with van der Waals surface area (Å²) in [7, 11) is 0. The average Bonchev–Trinajstić information content (AvgIpc) is 3.21. The maximum absolute atomic E-state index is 14.6. The number of aromatic nitrogens is 3. The zero-order valence-electron chi connectivity index (χ0n) is 18.7. The number of pyridine rings is 1. The van der Waals surface area contributed by atoms with Gasteiger partial charge in [0.05, 0.1) is 17.0 Å². The van der Waals surface area contributed by atoms with Gasteiger partial charge in [-0.1, -0.05) is 11.6 Å². The molecule has 0 fully saturated rings. The number of ether oxygens (including phenoxy) is 1. The maximum atomic E-state index is 14.6. The van der Waals surface area contributed by atoms with Crippen LogP contribution in [0, 0.1) is 18.6 Å². The molecule has 0 saturated heterocycles. The Balaban J connectivity index is 1.49. The number of hydrogen-bond donors (Lipinski definition) is 0. The van der Waals surface area contributed by atoms with Crippen molar-refractivity contribution >= 4 is 23.1 Å². The Morgan fingerprint density at radius 3 is 2.65 bits per heavy atom. The van der Waals surface area contributed by atoms with Gasteiger partial charge in [0.25, 0.3) is 11.5 Å². The van der Waals surface area contributed by atoms with Crippen LogP contribution in [-0.2, 0) is 6.54 Å². The van der Waals surface area contributed by atoms with Gasteiger partial charge in [-0.05, 0) is 50.6 Å². The number of benzene rings is 1. The highest BCUT2D eigenvalue weighted by Crippen LogP contribution is 2.41. The first-order valence-corrected chi connectivity index (χ1v) is 11.1.